The lowest BCUT2D eigenvalue weighted by atomic mass is 9.85. The third-order valence-electron chi connectivity index (χ3n) is 2.76. The topological polar surface area (TPSA) is 35.5 Å². The van der Waals surface area contributed by atoms with E-state index >= 15 is 0 Å². The van der Waals surface area contributed by atoms with Gasteiger partial charge in [-0.25, -0.2) is 0 Å². The molecular weight excluding hydrogens is 164 g/mol. The number of nitrogens with one attached hydrogen (secondary N) is 1. The third kappa shape index (κ3) is 4.07. The molecule has 2 N–H and O–H groups in total. The summed E-state index contributed by atoms with van der Waals surface area (Å²) < 4.78 is 0. The number of likely N-dealkylation sites (N-methyl/N-ethyl adjacent to an activating group) is 2. The number of hydrogen-bond donors (Lipinski definition) is 2. The van der Waals surface area contributed by atoms with Gasteiger partial charge >= 0.3 is 0 Å². The van der Waals surface area contributed by atoms with Crippen molar-refractivity contribution in [1.82, 2.24) is 10.2 Å². The summed E-state index contributed by atoms with van der Waals surface area (Å²) in [6.07, 6.45) is 3.94. The van der Waals surface area contributed by atoms with Crippen LogP contribution in [0.5, 0.6) is 0 Å². The molecule has 1 fully saturated rings. The standard InChI is InChI=1S/C10H22N2O/c1-11-6-10(13)8-12(2)7-9-4-3-5-9/h9-11,13H,3-8H2,1-2H3. The molecular formula is C10H22N2O. The maximum absolute atomic E-state index is 9.52. The summed E-state index contributed by atoms with van der Waals surface area (Å²) >= 11 is 0. The molecule has 0 radical (unpaired) electrons. The molecule has 0 heterocycles. The average molecular weight is 186 g/mol. The van der Waals surface area contributed by atoms with Crippen LogP contribution in [0.4, 0.5) is 0 Å². The molecule has 1 aliphatic rings. The van der Waals surface area contributed by atoms with Crippen molar-refractivity contribution >= 4 is 0 Å². The Morgan fingerprint density at radius 2 is 2.23 bits per heavy atom. The Balaban J connectivity index is 2.04. The highest BCUT2D eigenvalue weighted by Gasteiger charge is 2.19. The predicted octanol–water partition coefficient (Wildman–Crippen LogP) is 0.299. The van der Waals surface area contributed by atoms with Crippen LogP contribution in [0.15, 0.2) is 0 Å². The molecule has 0 saturated heterocycles. The molecule has 3 nitrogen and oxygen atoms in total. The van der Waals surface area contributed by atoms with Gasteiger partial charge in [0.15, 0.2) is 0 Å². The van der Waals surface area contributed by atoms with Crippen molar-refractivity contribution in [1.29, 1.82) is 0 Å². The molecule has 1 rings (SSSR count). The Hall–Kier alpha value is -0.120. The van der Waals surface area contributed by atoms with Gasteiger partial charge in [0.05, 0.1) is 6.10 Å². The fourth-order valence-electron chi connectivity index (χ4n) is 1.85. The van der Waals surface area contributed by atoms with Crippen LogP contribution in [0.25, 0.3) is 0 Å². The van der Waals surface area contributed by atoms with Crippen molar-refractivity contribution in [2.24, 2.45) is 5.92 Å². The van der Waals surface area contributed by atoms with Gasteiger partial charge in [0, 0.05) is 19.6 Å². The number of aliphatic hydroxyl groups is 1. The zero-order chi connectivity index (χ0) is 9.68. The van der Waals surface area contributed by atoms with Crippen LogP contribution < -0.4 is 5.32 Å². The molecule has 0 amide bonds. The first kappa shape index (κ1) is 11.0. The number of nitrogens with zero attached hydrogens (tertiary/aromatic N) is 1. The summed E-state index contributed by atoms with van der Waals surface area (Å²) in [5, 5.41) is 12.5. The molecule has 1 saturated carbocycles. The third-order valence-corrected chi connectivity index (χ3v) is 2.76. The van der Waals surface area contributed by atoms with E-state index in [0.29, 0.717) is 6.54 Å². The van der Waals surface area contributed by atoms with Crippen molar-refractivity contribution in [3.63, 3.8) is 0 Å². The molecule has 0 aromatic carbocycles. The second kappa shape index (κ2) is 5.58. The lowest BCUT2D eigenvalue weighted by Crippen LogP contribution is -2.38. The maximum atomic E-state index is 9.52. The fourth-order valence-corrected chi connectivity index (χ4v) is 1.85. The first-order valence-corrected chi connectivity index (χ1v) is 5.23. The molecule has 0 aromatic rings. The van der Waals surface area contributed by atoms with Crippen molar-refractivity contribution in [2.75, 3.05) is 33.7 Å². The fraction of sp³-hybridized carbons (Fsp3) is 1.00. The van der Waals surface area contributed by atoms with Gasteiger partial charge in [0.1, 0.15) is 0 Å². The lowest BCUT2D eigenvalue weighted by molar-refractivity contribution is 0.107. The first-order valence-electron chi connectivity index (χ1n) is 5.23. The summed E-state index contributed by atoms with van der Waals surface area (Å²) in [4.78, 5) is 2.24. The zero-order valence-electron chi connectivity index (χ0n) is 8.79. The second-order valence-corrected chi connectivity index (χ2v) is 4.23. The van der Waals surface area contributed by atoms with Gasteiger partial charge in [0.2, 0.25) is 0 Å². The summed E-state index contributed by atoms with van der Waals surface area (Å²) in [6, 6.07) is 0. The Morgan fingerprint density at radius 1 is 1.54 bits per heavy atom. The van der Waals surface area contributed by atoms with E-state index in [1.807, 2.05) is 7.05 Å². The Morgan fingerprint density at radius 3 is 2.69 bits per heavy atom. The van der Waals surface area contributed by atoms with E-state index in [9.17, 15) is 5.11 Å². The SMILES string of the molecule is CNCC(O)CN(C)CC1CCC1. The van der Waals surface area contributed by atoms with Crippen molar-refractivity contribution in [3.05, 3.63) is 0 Å². The van der Waals surface area contributed by atoms with Gasteiger partial charge in [-0.15, -0.1) is 0 Å². The molecule has 0 aliphatic heterocycles. The minimum Gasteiger partial charge on any atom is -0.390 e. The molecule has 1 aliphatic carbocycles. The molecule has 78 valence electrons. The van der Waals surface area contributed by atoms with Crippen LogP contribution in [0.3, 0.4) is 0 Å². The first-order chi connectivity index (χ1) is 6.22. The molecule has 13 heavy (non-hydrogen) atoms. The van der Waals surface area contributed by atoms with E-state index in [0.717, 1.165) is 19.0 Å². The van der Waals surface area contributed by atoms with E-state index in [4.69, 9.17) is 0 Å². The lowest BCUT2D eigenvalue weighted by Gasteiger charge is -2.31. The van der Waals surface area contributed by atoms with Gasteiger partial charge in [0.25, 0.3) is 0 Å². The Labute approximate surface area is 81.1 Å². The Bertz CT molecular complexity index is 137. The summed E-state index contributed by atoms with van der Waals surface area (Å²) in [5.74, 6) is 0.895. The largest absolute Gasteiger partial charge is 0.390 e. The van der Waals surface area contributed by atoms with Crippen LogP contribution in [0, 0.1) is 5.92 Å². The molecule has 3 heteroatoms. The van der Waals surface area contributed by atoms with E-state index in [1.165, 1.54) is 19.3 Å². The van der Waals surface area contributed by atoms with Crippen LogP contribution in [0.1, 0.15) is 19.3 Å². The monoisotopic (exact) mass is 186 g/mol. The van der Waals surface area contributed by atoms with Crippen molar-refractivity contribution < 1.29 is 5.11 Å². The van der Waals surface area contributed by atoms with Gasteiger partial charge < -0.3 is 15.3 Å². The smallest absolute Gasteiger partial charge is 0.0791 e. The summed E-state index contributed by atoms with van der Waals surface area (Å²) in [5.41, 5.74) is 0. The van der Waals surface area contributed by atoms with E-state index in [1.54, 1.807) is 0 Å². The zero-order valence-corrected chi connectivity index (χ0v) is 8.79. The van der Waals surface area contributed by atoms with Gasteiger partial charge in [-0.05, 0) is 32.9 Å². The molecule has 0 aromatic heterocycles. The van der Waals surface area contributed by atoms with E-state index in [2.05, 4.69) is 17.3 Å². The second-order valence-electron chi connectivity index (χ2n) is 4.23. The summed E-state index contributed by atoms with van der Waals surface area (Å²) in [7, 11) is 3.96. The highest BCUT2D eigenvalue weighted by atomic mass is 16.3. The minimum atomic E-state index is -0.227. The predicted molar refractivity (Wildman–Crippen MR) is 54.8 cm³/mol. The maximum Gasteiger partial charge on any atom is 0.0791 e. The number of aliphatic hydroxyl groups excluding tert-OH is 1. The van der Waals surface area contributed by atoms with Crippen LogP contribution in [-0.2, 0) is 0 Å². The van der Waals surface area contributed by atoms with Gasteiger partial charge in [-0.3, -0.25) is 0 Å². The van der Waals surface area contributed by atoms with E-state index < -0.39 is 0 Å². The van der Waals surface area contributed by atoms with Crippen LogP contribution >= 0.6 is 0 Å². The van der Waals surface area contributed by atoms with Crippen LogP contribution in [0.2, 0.25) is 0 Å². The van der Waals surface area contributed by atoms with Gasteiger partial charge in [-0.1, -0.05) is 6.42 Å². The van der Waals surface area contributed by atoms with Crippen molar-refractivity contribution in [3.8, 4) is 0 Å². The van der Waals surface area contributed by atoms with E-state index in [-0.39, 0.29) is 6.10 Å². The van der Waals surface area contributed by atoms with Crippen molar-refractivity contribution in [2.45, 2.75) is 25.4 Å². The molecule has 0 spiro atoms. The van der Waals surface area contributed by atoms with Gasteiger partial charge in [-0.2, -0.15) is 0 Å². The minimum absolute atomic E-state index is 0.227. The quantitative estimate of drug-likeness (QED) is 0.626. The molecule has 1 atom stereocenters. The summed E-state index contributed by atoms with van der Waals surface area (Å²) in [6.45, 7) is 2.63. The number of hydrogen-bond acceptors (Lipinski definition) is 3. The highest BCUT2D eigenvalue weighted by Crippen LogP contribution is 2.26. The Kier molecular flexibility index (Phi) is 4.70. The molecule has 0 bridgehead atoms. The van der Waals surface area contributed by atoms with Crippen LogP contribution in [-0.4, -0.2) is 49.8 Å². The average Bonchev–Trinajstić information content (AvgIpc) is 1.97. The highest BCUT2D eigenvalue weighted by molar-refractivity contribution is 4.73. The molecule has 1 unspecified atom stereocenters. The number of rotatable bonds is 6. The normalized spacial score (nSPS) is 20.3.